The molecule has 6 aromatic heterocycles. The fourth-order valence-corrected chi connectivity index (χ4v) is 31.1. The van der Waals surface area contributed by atoms with Crippen molar-refractivity contribution < 1.29 is 8.83 Å². The molecule has 0 aliphatic heterocycles. The van der Waals surface area contributed by atoms with E-state index in [1.165, 1.54) is 162 Å². The molecule has 0 N–H and O–H groups in total. The van der Waals surface area contributed by atoms with E-state index in [1.807, 2.05) is 155 Å². The summed E-state index contributed by atoms with van der Waals surface area (Å²) in [4.78, 5) is 0. The van der Waals surface area contributed by atoms with Crippen LogP contribution in [-0.2, 0) is 0 Å². The van der Waals surface area contributed by atoms with Gasteiger partial charge in [0.25, 0.3) is 0 Å². The lowest BCUT2D eigenvalue weighted by Gasteiger charge is -2.16. The second-order valence-electron chi connectivity index (χ2n) is 35.5. The molecule has 0 bridgehead atoms. The molecule has 0 unspecified atom stereocenters. The average molecular weight is 2820 g/mol. The topological polar surface area (TPSA) is 26.3 Å². The Morgan fingerprint density at radius 1 is 0.193 bits per heavy atom. The summed E-state index contributed by atoms with van der Waals surface area (Å²) < 4.78 is 33.3. The molecule has 6 heterocycles. The van der Waals surface area contributed by atoms with Crippen molar-refractivity contribution in [2.24, 2.45) is 0 Å². The molecule has 0 aliphatic carbocycles. The van der Waals surface area contributed by atoms with E-state index in [-0.39, 0.29) is 0 Å². The molecule has 22 aromatic carbocycles. The highest BCUT2D eigenvalue weighted by Crippen LogP contribution is 2.54. The Morgan fingerprint density at radius 2 is 0.667 bits per heavy atom. The molecule has 2 nitrogen and oxygen atoms in total. The Kier molecular flexibility index (Phi) is 31.0. The smallest absolute Gasteiger partial charge is 0.150 e. The fraction of sp³-hybridized carbons (Fsp3) is 0. The molecule has 0 aliphatic rings. The molecule has 0 radical (unpaired) electrons. The lowest BCUT2D eigenvalue weighted by molar-refractivity contribution is 0.664. The van der Waals surface area contributed by atoms with Gasteiger partial charge in [-0.25, -0.2) is 0 Å². The zero-order valence-corrected chi connectivity index (χ0v) is 102. The summed E-state index contributed by atoms with van der Waals surface area (Å²) >= 11 is 79.4. The van der Waals surface area contributed by atoms with Crippen LogP contribution in [0, 0.1) is 3.57 Å². The van der Waals surface area contributed by atoms with E-state index >= 15 is 0 Å². The summed E-state index contributed by atoms with van der Waals surface area (Å²) in [6.07, 6.45) is 0. The van der Waals surface area contributed by atoms with Gasteiger partial charge in [0.2, 0.25) is 0 Å². The van der Waals surface area contributed by atoms with E-state index < -0.39 is 0 Å². The van der Waals surface area contributed by atoms with Crippen molar-refractivity contribution in [2.45, 2.75) is 0 Å². The molecule has 0 atom stereocenters. The molecule has 150 heavy (non-hydrogen) atoms. The predicted octanol–water partition coefficient (Wildman–Crippen LogP) is 50.4. The number of furan rings is 2. The third kappa shape index (κ3) is 20.9. The lowest BCUT2D eigenvalue weighted by atomic mass is 9.88. The van der Waals surface area contributed by atoms with Crippen molar-refractivity contribution in [2.75, 3.05) is 0 Å². The van der Waals surface area contributed by atoms with Crippen LogP contribution in [0.1, 0.15) is 0 Å². The largest absolute Gasteiger partial charge is 0.454 e. The zero-order chi connectivity index (χ0) is 103. The Morgan fingerprint density at radius 3 is 1.34 bits per heavy atom. The van der Waals surface area contributed by atoms with Crippen molar-refractivity contribution in [3.05, 3.63) is 486 Å². The predicted molar refractivity (Wildman–Crippen MR) is 695 cm³/mol. The summed E-state index contributed by atoms with van der Waals surface area (Å²) in [6.45, 7) is 0. The Hall–Kier alpha value is -9.37. The van der Waals surface area contributed by atoms with Gasteiger partial charge < -0.3 is 8.83 Å². The maximum absolute atomic E-state index is 6.24. The second kappa shape index (κ2) is 44.8. The van der Waals surface area contributed by atoms with Gasteiger partial charge in [0.15, 0.2) is 0 Å². The highest BCUT2D eigenvalue weighted by atomic mass is 127. The van der Waals surface area contributed by atoms with Crippen molar-refractivity contribution in [1.29, 1.82) is 0 Å². The van der Waals surface area contributed by atoms with Gasteiger partial charge in [0, 0.05) is 165 Å². The average Bonchev–Trinajstić information content (AvgIpc) is 1.59. The second-order valence-corrected chi connectivity index (χ2v) is 51.2. The molecule has 0 saturated heterocycles. The van der Waals surface area contributed by atoms with Crippen LogP contribution in [-0.4, -0.2) is 0 Å². The highest BCUT2D eigenvalue weighted by molar-refractivity contribution is 14.1. The Balaban J connectivity index is 0.0000000993. The summed E-state index contributed by atoms with van der Waals surface area (Å²) in [5.41, 5.74) is 22.6. The summed E-state index contributed by atoms with van der Waals surface area (Å²) in [7, 11) is 0. The lowest BCUT2D eigenvalue weighted by Crippen LogP contribution is -1.89. The van der Waals surface area contributed by atoms with Crippen molar-refractivity contribution in [3.63, 3.8) is 0 Å². The van der Waals surface area contributed by atoms with E-state index in [1.54, 1.807) is 0 Å². The minimum absolute atomic E-state index is 0.730. The van der Waals surface area contributed by atoms with E-state index in [9.17, 15) is 0 Å². The summed E-state index contributed by atoms with van der Waals surface area (Å²) in [6, 6.07) is 143. The maximum Gasteiger partial charge on any atom is 0.150 e. The summed E-state index contributed by atoms with van der Waals surface area (Å²) in [5, 5.41) is 24.0. The minimum Gasteiger partial charge on any atom is -0.454 e. The number of hydrogen-bond acceptors (Lipinski definition) is 6. The number of para-hydroxylation sites is 2. The third-order valence-corrected chi connectivity index (χ3v) is 39.5. The fourth-order valence-electron chi connectivity index (χ4n) is 19.5. The first-order chi connectivity index (χ1) is 72.9. The molecule has 28 aromatic rings. The van der Waals surface area contributed by atoms with Crippen LogP contribution in [0.2, 0.25) is 30.1 Å². The maximum atomic E-state index is 6.24. The zero-order valence-electron chi connectivity index (χ0n) is 77.8. The number of thiophene rings is 4. The van der Waals surface area contributed by atoms with Gasteiger partial charge in [0.1, 0.15) is 22.3 Å². The standard InChI is InChI=1S/C30H18BrClS.C22H11Br2ClO.C22H11BrClIS.C18H9Br2ClO.C18H9Br2ClS.C18H10BrClS/c31-22-13-16-24-27(17-22)33-30-28(21-9-5-2-6-10-21)25(20-11-14-23(32)15-12-20)18-26(29(24)30)19-7-3-1-4-8-19;23-18-6-2-5-17-20-16(9-10-19(24)22(20)26-21(17)18)15-4-1-3-12-11-13(25)7-8-14(12)15;23-13-4-6-17-20(11-13)26-19-9-8-18(25)21(22(17)19)16-3-1-2-12-10-14(24)5-7-15(12)16;19-15-6-2-5-13-14-8-11(10-3-1-4-12(21)7-10)9-16(20)18(14)22-17(13)15;19-15-3-1-2-13-14-9-8-12(10-4-6-11(21)7-5-10)16(20)18(14)22-17(13)15;19-15-9-12(11-5-7-13(20)8-6-11)10-17-18(15)14-3-1-2-4-16(14)21-17/h1-18H;2*1-11H;2*1-9H;1-10H. The monoisotopic (exact) mass is 2810 g/mol. The van der Waals surface area contributed by atoms with Crippen LogP contribution >= 0.6 is 281 Å². The molecule has 728 valence electrons. The quantitative estimate of drug-likeness (QED) is 0.142. The molecule has 0 saturated carbocycles. The SMILES string of the molecule is Clc1ccc(-c2cc(-c3ccccc3)c3c(sc4cc(Br)ccc43)c2-c2ccccc2)cc1.Clc1ccc(-c2cc(Br)c3c(c2)sc2ccccc23)cc1.Clc1ccc(-c2ccc3c(sc4c(Br)cccc43)c2Br)cc1.Clc1ccc2c(-c3c(I)ccc4sc5cc(Br)ccc5c34)cccc2c1.Clc1ccc2c(-c3ccc(Br)c4oc5c(Br)cccc5c34)cccc2c1.Clc1cccc(-c2cc(Br)c3oc4c(Br)cccc4c3c2)c1. The van der Waals surface area contributed by atoms with E-state index in [0.29, 0.717) is 0 Å². The van der Waals surface area contributed by atoms with Gasteiger partial charge in [-0.2, -0.15) is 0 Å². The van der Waals surface area contributed by atoms with Gasteiger partial charge in [-0.3, -0.25) is 0 Å². The molecule has 0 amide bonds. The van der Waals surface area contributed by atoms with Gasteiger partial charge in [-0.05, 0) is 387 Å². The molecular formula is C128H68Br9Cl6IO2S4. The molecule has 0 spiro atoms. The van der Waals surface area contributed by atoms with Crippen LogP contribution in [0.4, 0.5) is 0 Å². The molecular weight excluding hydrogens is 2760 g/mol. The van der Waals surface area contributed by atoms with Crippen molar-refractivity contribution >= 4 is 427 Å². The van der Waals surface area contributed by atoms with Crippen molar-refractivity contribution in [3.8, 4) is 89.0 Å². The van der Waals surface area contributed by atoms with Crippen LogP contribution in [0.25, 0.3) is 235 Å². The van der Waals surface area contributed by atoms with Crippen LogP contribution in [0.15, 0.2) is 462 Å². The number of rotatable bonds is 8. The first-order valence-corrected chi connectivity index (χ1v) is 60.7. The number of fused-ring (bicyclic) bond motifs is 20. The Bertz CT molecular complexity index is 10200. The Labute approximate surface area is 998 Å². The van der Waals surface area contributed by atoms with E-state index in [4.69, 9.17) is 78.4 Å². The summed E-state index contributed by atoms with van der Waals surface area (Å²) in [5.74, 6) is 0. The first-order valence-electron chi connectivity index (χ1n) is 46.9. The van der Waals surface area contributed by atoms with Crippen molar-refractivity contribution in [1.82, 2.24) is 0 Å². The van der Waals surface area contributed by atoms with E-state index in [2.05, 4.69) is 469 Å². The third-order valence-electron chi connectivity index (χ3n) is 26.3. The van der Waals surface area contributed by atoms with Gasteiger partial charge in [-0.15, -0.1) is 45.3 Å². The van der Waals surface area contributed by atoms with Gasteiger partial charge in [0.05, 0.1) is 22.6 Å². The number of hydrogen-bond donors (Lipinski definition) is 0. The first kappa shape index (κ1) is 104. The van der Waals surface area contributed by atoms with Crippen LogP contribution in [0.3, 0.4) is 0 Å². The van der Waals surface area contributed by atoms with E-state index in [0.717, 1.165) is 147 Å². The molecule has 22 heteroatoms. The van der Waals surface area contributed by atoms with Gasteiger partial charge in [-0.1, -0.05) is 360 Å². The van der Waals surface area contributed by atoms with Crippen LogP contribution < -0.4 is 0 Å². The van der Waals surface area contributed by atoms with Crippen LogP contribution in [0.5, 0.6) is 0 Å². The minimum atomic E-state index is 0.730. The number of benzene rings is 22. The molecule has 28 rings (SSSR count). The van der Waals surface area contributed by atoms with Gasteiger partial charge >= 0.3 is 0 Å². The molecule has 0 fully saturated rings. The highest BCUT2D eigenvalue weighted by Gasteiger charge is 2.26. The number of halogens is 16. The normalized spacial score (nSPS) is 11.5.